The predicted molar refractivity (Wildman–Crippen MR) is 246 cm³/mol. The van der Waals surface area contributed by atoms with Crippen LogP contribution in [0.2, 0.25) is 0 Å². The summed E-state index contributed by atoms with van der Waals surface area (Å²) in [6, 6.07) is 25.8. The first-order valence-corrected chi connectivity index (χ1v) is 21.5. The summed E-state index contributed by atoms with van der Waals surface area (Å²) in [5.41, 5.74) is 1.98. The van der Waals surface area contributed by atoms with E-state index in [0.29, 0.717) is 31.9 Å². The van der Waals surface area contributed by atoms with Crippen LogP contribution in [0.1, 0.15) is 55.9 Å². The van der Waals surface area contributed by atoms with Gasteiger partial charge in [-0.1, -0.05) is 53.6 Å². The highest BCUT2D eigenvalue weighted by Gasteiger charge is 2.44. The van der Waals surface area contributed by atoms with E-state index in [9.17, 15) is 52.5 Å². The molecular formula is C50H48F4N4O12. The maximum Gasteiger partial charge on any atom is 0.416 e. The van der Waals surface area contributed by atoms with Gasteiger partial charge in [0.2, 0.25) is 18.2 Å². The molecule has 7 rings (SSSR count). The fraction of sp³-hybridized carbons (Fsp3) is 0.280. The van der Waals surface area contributed by atoms with Gasteiger partial charge in [-0.2, -0.15) is 13.2 Å². The number of nitrogens with zero attached hydrogens (tertiary/aromatic N) is 4. The number of piperazine rings is 1. The Labute approximate surface area is 398 Å². The highest BCUT2D eigenvalue weighted by molar-refractivity contribution is 6.03. The molecule has 2 unspecified atom stereocenters. The van der Waals surface area contributed by atoms with Crippen LogP contribution < -0.4 is 19.3 Å². The van der Waals surface area contributed by atoms with Crippen molar-refractivity contribution in [3.8, 4) is 11.5 Å². The van der Waals surface area contributed by atoms with Crippen molar-refractivity contribution in [2.45, 2.75) is 45.2 Å². The van der Waals surface area contributed by atoms with Crippen LogP contribution in [0, 0.1) is 25.6 Å². The number of hydrogen-bond donors (Lipinski definition) is 3. The first-order chi connectivity index (χ1) is 33.2. The van der Waals surface area contributed by atoms with Crippen molar-refractivity contribution in [3.63, 3.8) is 0 Å². The van der Waals surface area contributed by atoms with Crippen molar-refractivity contribution in [2.24, 2.45) is 10.9 Å². The molecule has 20 heteroatoms. The normalized spacial score (nSPS) is 15.7. The van der Waals surface area contributed by atoms with Crippen molar-refractivity contribution in [1.82, 2.24) is 4.90 Å². The van der Waals surface area contributed by atoms with Gasteiger partial charge in [-0.15, -0.1) is 0 Å². The van der Waals surface area contributed by atoms with Gasteiger partial charge >= 0.3 is 36.0 Å². The molecule has 2 heterocycles. The summed E-state index contributed by atoms with van der Waals surface area (Å²) in [5, 5.41) is 28.7. The van der Waals surface area contributed by atoms with E-state index >= 15 is 4.39 Å². The van der Waals surface area contributed by atoms with E-state index in [1.54, 1.807) is 51.3 Å². The number of hydrogen-bond acceptors (Lipinski definition) is 13. The molecule has 2 aliphatic heterocycles. The van der Waals surface area contributed by atoms with Crippen LogP contribution >= 0.6 is 0 Å². The second-order valence-corrected chi connectivity index (χ2v) is 16.2. The third-order valence-corrected chi connectivity index (χ3v) is 11.5. The van der Waals surface area contributed by atoms with E-state index in [4.69, 9.17) is 18.9 Å². The number of carboxylic acid groups (broad SMARTS) is 3. The van der Waals surface area contributed by atoms with Crippen LogP contribution in [0.4, 0.5) is 34.6 Å². The van der Waals surface area contributed by atoms with Crippen molar-refractivity contribution in [2.75, 3.05) is 50.2 Å². The van der Waals surface area contributed by atoms with Gasteiger partial charge in [0.15, 0.2) is 0 Å². The van der Waals surface area contributed by atoms with Crippen LogP contribution in [0.25, 0.3) is 0 Å². The zero-order chi connectivity index (χ0) is 51.0. The molecule has 16 nitrogen and oxygen atoms in total. The molecular weight excluding hydrogens is 925 g/mol. The molecule has 5 aromatic carbocycles. The fourth-order valence-corrected chi connectivity index (χ4v) is 7.67. The first-order valence-electron chi connectivity index (χ1n) is 21.5. The zero-order valence-electron chi connectivity index (χ0n) is 38.3. The molecule has 0 aliphatic carbocycles. The smallest absolute Gasteiger partial charge is 0.416 e. The highest BCUT2D eigenvalue weighted by Crippen LogP contribution is 2.47. The van der Waals surface area contributed by atoms with Crippen LogP contribution in [-0.4, -0.2) is 109 Å². The number of aliphatic imine (C=N–C) groups is 1. The number of methoxy groups -OCH3 is 2. The number of para-hydroxylation sites is 1. The molecule has 4 atom stereocenters. The number of benzene rings is 5. The molecule has 0 aromatic heterocycles. The summed E-state index contributed by atoms with van der Waals surface area (Å²) in [4.78, 5) is 69.8. The molecule has 0 saturated carbocycles. The van der Waals surface area contributed by atoms with Gasteiger partial charge in [-0.3, -0.25) is 4.79 Å². The lowest BCUT2D eigenvalue weighted by atomic mass is 9.89. The lowest BCUT2D eigenvalue weighted by molar-refractivity contribution is -0.166. The standard InChI is InChI=1S/C30H30F4N4O4.C20H18O8/c1-18(28(39)40)27-22-8-5-9-23(31)26(22)35-29(38(27)24-16-19(30(32,33)34)10-11-25(24)42-3)37-14-12-36(13-15-37)20-6-4-7-21(17-20)41-2;1-11-3-7-13(8-4-11)19(25)27-15(17(21)22)16(18(23)24)28-20(26)14-9-5-12(2)6-10-14/h4-11,16-18,27H,12-15H2,1-3H3,(H,39,40);3-10,15-16H,1-2H3,(H,21,22)(H,23,24)/t;15-,16-/m.0/s1. The monoisotopic (exact) mass is 972 g/mol. The molecule has 0 bridgehead atoms. The molecule has 0 spiro atoms. The molecule has 0 radical (unpaired) electrons. The minimum absolute atomic E-state index is 0.0192. The summed E-state index contributed by atoms with van der Waals surface area (Å²) in [5.74, 6) is -7.69. The SMILES string of the molecule is COc1cccc(N2CCN(C3=Nc4c(F)cccc4C(C(C)C(=O)O)N3c3cc(C(F)(F)F)ccc3OC)CC2)c1.Cc1ccc(C(=O)O[C@H](C(=O)O)[C@H](OC(=O)c2ccc(C)cc2)C(=O)O)cc1. The Hall–Kier alpha value is -8.16. The summed E-state index contributed by atoms with van der Waals surface area (Å²) >= 11 is 0. The number of fused-ring (bicyclic) bond motifs is 1. The van der Waals surface area contributed by atoms with Crippen molar-refractivity contribution < 1.29 is 75.8 Å². The van der Waals surface area contributed by atoms with E-state index < -0.39 is 71.6 Å². The maximum atomic E-state index is 15.2. The lowest BCUT2D eigenvalue weighted by Crippen LogP contribution is -2.56. The number of ether oxygens (including phenoxy) is 4. The Balaban J connectivity index is 0.000000250. The van der Waals surface area contributed by atoms with Crippen LogP contribution in [0.15, 0.2) is 114 Å². The number of guanidine groups is 1. The van der Waals surface area contributed by atoms with Gasteiger partial charge in [0.05, 0.1) is 48.6 Å². The summed E-state index contributed by atoms with van der Waals surface area (Å²) in [6.07, 6.45) is -9.12. The van der Waals surface area contributed by atoms with Gasteiger partial charge in [-0.25, -0.2) is 28.6 Å². The maximum absolute atomic E-state index is 15.2. The average molecular weight is 973 g/mol. The Kier molecular flexibility index (Phi) is 16.0. The number of aryl methyl sites for hydroxylation is 2. The second-order valence-electron chi connectivity index (χ2n) is 16.2. The third-order valence-electron chi connectivity index (χ3n) is 11.5. The number of alkyl halides is 3. The number of rotatable bonds is 13. The Morgan fingerprint density at radius 2 is 1.20 bits per heavy atom. The van der Waals surface area contributed by atoms with E-state index in [1.807, 2.05) is 29.2 Å². The second kappa shape index (κ2) is 21.9. The largest absolute Gasteiger partial charge is 0.497 e. The van der Waals surface area contributed by atoms with Crippen LogP contribution in [0.3, 0.4) is 0 Å². The Morgan fingerprint density at radius 1 is 0.671 bits per heavy atom. The van der Waals surface area contributed by atoms with Crippen molar-refractivity contribution in [3.05, 3.63) is 148 Å². The van der Waals surface area contributed by atoms with E-state index in [-0.39, 0.29) is 39.8 Å². The quantitative estimate of drug-likeness (QED) is 0.0752. The van der Waals surface area contributed by atoms with E-state index in [0.717, 1.165) is 28.9 Å². The number of carbonyl (C=O) groups excluding carboxylic acids is 2. The van der Waals surface area contributed by atoms with E-state index in [1.165, 1.54) is 61.4 Å². The number of esters is 2. The highest BCUT2D eigenvalue weighted by atomic mass is 19.4. The molecule has 5 aromatic rings. The summed E-state index contributed by atoms with van der Waals surface area (Å²) < 4.78 is 77.4. The topological polar surface area (TPSA) is 205 Å². The van der Waals surface area contributed by atoms with Crippen molar-refractivity contribution in [1.29, 1.82) is 0 Å². The van der Waals surface area contributed by atoms with Gasteiger partial charge in [0.25, 0.3) is 0 Å². The minimum Gasteiger partial charge on any atom is -0.497 e. The molecule has 3 N–H and O–H groups in total. The lowest BCUT2D eigenvalue weighted by Gasteiger charge is -2.46. The average Bonchev–Trinajstić information content (AvgIpc) is 3.34. The third kappa shape index (κ3) is 11.7. The molecule has 0 amide bonds. The number of carbonyl (C=O) groups is 5. The summed E-state index contributed by atoms with van der Waals surface area (Å²) in [7, 11) is 2.91. The number of carboxylic acids is 3. The molecule has 2 aliphatic rings. The number of halogens is 4. The molecule has 70 heavy (non-hydrogen) atoms. The molecule has 1 fully saturated rings. The minimum atomic E-state index is -4.67. The van der Waals surface area contributed by atoms with Crippen LogP contribution in [0.5, 0.6) is 11.5 Å². The van der Waals surface area contributed by atoms with E-state index in [2.05, 4.69) is 9.89 Å². The molecule has 368 valence electrons. The number of aliphatic carboxylic acids is 3. The summed E-state index contributed by atoms with van der Waals surface area (Å²) in [6.45, 7) is 6.82. The Morgan fingerprint density at radius 3 is 1.69 bits per heavy atom. The van der Waals surface area contributed by atoms with Gasteiger partial charge in [0, 0.05) is 43.5 Å². The van der Waals surface area contributed by atoms with Crippen LogP contribution in [-0.2, 0) is 30.0 Å². The van der Waals surface area contributed by atoms with Crippen molar-refractivity contribution >= 4 is 52.9 Å². The fourth-order valence-electron chi connectivity index (χ4n) is 7.67. The molecule has 1 saturated heterocycles. The van der Waals surface area contributed by atoms with Gasteiger partial charge in [-0.05, 0) is 81.4 Å². The van der Waals surface area contributed by atoms with Gasteiger partial charge in [0.1, 0.15) is 23.0 Å². The zero-order valence-corrected chi connectivity index (χ0v) is 38.3. The Bertz CT molecular complexity index is 2690. The van der Waals surface area contributed by atoms with Gasteiger partial charge < -0.3 is 49.0 Å². The first kappa shape index (κ1) is 51.2. The predicted octanol–water partition coefficient (Wildman–Crippen LogP) is 8.18. The number of anilines is 2.